The molecule has 7 heteroatoms. The summed E-state index contributed by atoms with van der Waals surface area (Å²) in [6.45, 7) is -0.102. The molecule has 2 aromatic heterocycles. The van der Waals surface area contributed by atoms with Crippen LogP contribution in [0.15, 0.2) is 18.9 Å². The molecule has 3 atom stereocenters. The molecule has 17 heavy (non-hydrogen) atoms. The Morgan fingerprint density at radius 3 is 3.12 bits per heavy atom. The maximum Gasteiger partial charge on any atom is 0.165 e. The predicted molar refractivity (Wildman–Crippen MR) is 56.9 cm³/mol. The number of fused-ring (bicyclic) bond motifs is 1. The van der Waals surface area contributed by atoms with Gasteiger partial charge < -0.3 is 14.9 Å². The van der Waals surface area contributed by atoms with Crippen molar-refractivity contribution in [2.75, 3.05) is 6.61 Å². The number of imidazole rings is 1. The highest BCUT2D eigenvalue weighted by atomic mass is 16.5. The summed E-state index contributed by atoms with van der Waals surface area (Å²) in [6.07, 6.45) is 3.44. The third-order valence-electron chi connectivity index (χ3n) is 2.88. The van der Waals surface area contributed by atoms with E-state index in [1.165, 1.54) is 6.33 Å². The monoisotopic (exact) mass is 236 g/mol. The number of aliphatic hydroxyl groups is 2. The molecule has 1 unspecified atom stereocenters. The first-order valence-corrected chi connectivity index (χ1v) is 5.36. The number of rotatable bonds is 2. The minimum Gasteiger partial charge on any atom is -0.394 e. The second-order valence-electron chi connectivity index (χ2n) is 4.02. The van der Waals surface area contributed by atoms with E-state index in [-0.39, 0.29) is 12.7 Å². The molecule has 7 nitrogen and oxygen atoms in total. The summed E-state index contributed by atoms with van der Waals surface area (Å²) in [4.78, 5) is 12.1. The van der Waals surface area contributed by atoms with Crippen LogP contribution in [-0.2, 0) is 4.74 Å². The molecule has 0 aromatic carbocycles. The van der Waals surface area contributed by atoms with E-state index in [0.29, 0.717) is 17.6 Å². The van der Waals surface area contributed by atoms with Gasteiger partial charge in [0.25, 0.3) is 0 Å². The molecule has 2 aromatic rings. The molecule has 0 amide bonds. The lowest BCUT2D eigenvalue weighted by Crippen LogP contribution is -2.19. The molecular formula is C10H12N4O3. The van der Waals surface area contributed by atoms with Crippen LogP contribution >= 0.6 is 0 Å². The average molecular weight is 236 g/mol. The van der Waals surface area contributed by atoms with Gasteiger partial charge in [-0.2, -0.15) is 0 Å². The Bertz CT molecular complexity index is 529. The summed E-state index contributed by atoms with van der Waals surface area (Å²) in [6, 6.07) is 0. The van der Waals surface area contributed by atoms with Gasteiger partial charge in [0.2, 0.25) is 0 Å². The largest absolute Gasteiger partial charge is 0.394 e. The highest BCUT2D eigenvalue weighted by Gasteiger charge is 2.35. The van der Waals surface area contributed by atoms with Gasteiger partial charge in [-0.15, -0.1) is 0 Å². The fourth-order valence-electron chi connectivity index (χ4n) is 2.07. The second-order valence-corrected chi connectivity index (χ2v) is 4.02. The molecule has 1 saturated heterocycles. The maximum absolute atomic E-state index is 9.89. The second kappa shape index (κ2) is 4.02. The Balaban J connectivity index is 1.99. The van der Waals surface area contributed by atoms with Crippen LogP contribution in [0.5, 0.6) is 0 Å². The molecule has 1 aliphatic heterocycles. The minimum atomic E-state index is -0.667. The molecule has 1 fully saturated rings. The molecular weight excluding hydrogens is 224 g/mol. The van der Waals surface area contributed by atoms with E-state index in [0.717, 1.165) is 0 Å². The van der Waals surface area contributed by atoms with Crippen molar-refractivity contribution in [2.24, 2.45) is 0 Å². The van der Waals surface area contributed by atoms with E-state index < -0.39 is 12.3 Å². The van der Waals surface area contributed by atoms with Gasteiger partial charge in [-0.25, -0.2) is 15.0 Å². The first-order chi connectivity index (χ1) is 8.29. The van der Waals surface area contributed by atoms with Crippen molar-refractivity contribution < 1.29 is 14.9 Å². The van der Waals surface area contributed by atoms with E-state index in [4.69, 9.17) is 9.84 Å². The van der Waals surface area contributed by atoms with Crippen LogP contribution in [0.1, 0.15) is 12.6 Å². The predicted octanol–water partition coefficient (Wildman–Crippen LogP) is -0.533. The molecule has 90 valence electrons. The molecule has 2 N–H and O–H groups in total. The topological polar surface area (TPSA) is 93.3 Å². The molecule has 0 saturated carbocycles. The van der Waals surface area contributed by atoms with Gasteiger partial charge in [0.05, 0.1) is 25.2 Å². The van der Waals surface area contributed by atoms with E-state index in [1.54, 1.807) is 17.1 Å². The maximum atomic E-state index is 9.89. The van der Waals surface area contributed by atoms with E-state index in [1.807, 2.05) is 0 Å². The smallest absolute Gasteiger partial charge is 0.165 e. The summed E-state index contributed by atoms with van der Waals surface area (Å²) >= 11 is 0. The van der Waals surface area contributed by atoms with Crippen LogP contribution in [0.2, 0.25) is 0 Å². The van der Waals surface area contributed by atoms with Crippen molar-refractivity contribution in [2.45, 2.75) is 24.9 Å². The summed E-state index contributed by atoms with van der Waals surface area (Å²) < 4.78 is 7.20. The molecule has 3 heterocycles. The summed E-state index contributed by atoms with van der Waals surface area (Å²) in [5.74, 6) is 0. The summed E-state index contributed by atoms with van der Waals surface area (Å²) in [5, 5.41) is 18.9. The third-order valence-corrected chi connectivity index (χ3v) is 2.88. The lowest BCUT2D eigenvalue weighted by atomic mass is 10.2. The molecule has 0 bridgehead atoms. The van der Waals surface area contributed by atoms with Gasteiger partial charge >= 0.3 is 0 Å². The fraction of sp³-hybridized carbons (Fsp3) is 0.500. The molecule has 0 aliphatic carbocycles. The number of ether oxygens (including phenoxy) is 1. The van der Waals surface area contributed by atoms with E-state index >= 15 is 0 Å². The first kappa shape index (κ1) is 10.6. The van der Waals surface area contributed by atoms with Crippen molar-refractivity contribution in [3.05, 3.63) is 18.9 Å². The van der Waals surface area contributed by atoms with Crippen LogP contribution in [0, 0.1) is 0 Å². The third kappa shape index (κ3) is 1.68. The van der Waals surface area contributed by atoms with Crippen molar-refractivity contribution in [3.63, 3.8) is 0 Å². The quantitative estimate of drug-likeness (QED) is 0.728. The van der Waals surface area contributed by atoms with Crippen LogP contribution in [0.3, 0.4) is 0 Å². The zero-order valence-corrected chi connectivity index (χ0v) is 8.97. The fourth-order valence-corrected chi connectivity index (χ4v) is 2.07. The van der Waals surface area contributed by atoms with Crippen LogP contribution in [-0.4, -0.2) is 48.5 Å². The number of hydrogen-bond donors (Lipinski definition) is 2. The molecule has 0 radical (unpaired) electrons. The van der Waals surface area contributed by atoms with E-state index in [2.05, 4.69) is 15.0 Å². The Morgan fingerprint density at radius 2 is 2.35 bits per heavy atom. The van der Waals surface area contributed by atoms with Crippen LogP contribution in [0.25, 0.3) is 11.2 Å². The molecule has 3 rings (SSSR count). The van der Waals surface area contributed by atoms with Crippen LogP contribution < -0.4 is 0 Å². The number of nitrogens with zero attached hydrogens (tertiary/aromatic N) is 4. The Labute approximate surface area is 96.7 Å². The Hall–Kier alpha value is -1.57. The van der Waals surface area contributed by atoms with E-state index in [9.17, 15) is 5.11 Å². The summed E-state index contributed by atoms with van der Waals surface area (Å²) in [7, 11) is 0. The lowest BCUT2D eigenvalue weighted by molar-refractivity contribution is -0.0486. The SMILES string of the molecule is OC[C@@H]1CC(O)[C@H](n2cnc3cncnc32)O1. The van der Waals surface area contributed by atoms with Crippen molar-refractivity contribution in [1.29, 1.82) is 0 Å². The van der Waals surface area contributed by atoms with Gasteiger partial charge in [0.1, 0.15) is 17.9 Å². The van der Waals surface area contributed by atoms with Crippen molar-refractivity contribution >= 4 is 11.2 Å². The first-order valence-electron chi connectivity index (χ1n) is 5.36. The van der Waals surface area contributed by atoms with Gasteiger partial charge in [0, 0.05) is 6.42 Å². The summed E-state index contributed by atoms with van der Waals surface area (Å²) in [5.41, 5.74) is 1.26. The number of hydrogen-bond acceptors (Lipinski definition) is 6. The average Bonchev–Trinajstić information content (AvgIpc) is 2.92. The molecule has 1 aliphatic rings. The number of aromatic nitrogens is 4. The highest BCUT2D eigenvalue weighted by molar-refractivity contribution is 5.68. The lowest BCUT2D eigenvalue weighted by Gasteiger charge is -2.16. The van der Waals surface area contributed by atoms with Crippen molar-refractivity contribution in [1.82, 2.24) is 19.5 Å². The zero-order valence-electron chi connectivity index (χ0n) is 8.97. The van der Waals surface area contributed by atoms with Crippen molar-refractivity contribution in [3.8, 4) is 0 Å². The van der Waals surface area contributed by atoms with Gasteiger partial charge in [-0.1, -0.05) is 0 Å². The standard InChI is InChI=1S/C10H12N4O3/c15-3-6-1-8(16)10(17-6)14-5-13-7-2-11-4-12-9(7)14/h2,4-6,8,10,15-16H,1,3H2/t6-,8?,10+/m0/s1. The zero-order chi connectivity index (χ0) is 11.8. The highest BCUT2D eigenvalue weighted by Crippen LogP contribution is 2.30. The normalized spacial score (nSPS) is 28.9. The minimum absolute atomic E-state index is 0.102. The molecule has 0 spiro atoms. The Morgan fingerprint density at radius 1 is 1.47 bits per heavy atom. The van der Waals surface area contributed by atoms with Gasteiger partial charge in [0.15, 0.2) is 11.9 Å². The van der Waals surface area contributed by atoms with Gasteiger partial charge in [-0.3, -0.25) is 4.57 Å². The van der Waals surface area contributed by atoms with Gasteiger partial charge in [-0.05, 0) is 0 Å². The van der Waals surface area contributed by atoms with Crippen LogP contribution in [0.4, 0.5) is 0 Å². The number of aliphatic hydroxyl groups excluding tert-OH is 2. The Kier molecular flexibility index (Phi) is 2.50.